The zero-order valence-electron chi connectivity index (χ0n) is 14.6. The highest BCUT2D eigenvalue weighted by molar-refractivity contribution is 6.39. The molecule has 8 heteroatoms. The van der Waals surface area contributed by atoms with Crippen LogP contribution < -0.4 is 24.8 Å². The van der Waals surface area contributed by atoms with Crippen LogP contribution in [0.1, 0.15) is 5.56 Å². The minimum Gasteiger partial charge on any atom is -0.493 e. The SMILES string of the molecule is COc1cc(NC(=O)C(=O)NCc2ccc(Cl)cc2)cc(OC)c1OC. The number of carbonyl (C=O) groups is 2. The molecule has 0 saturated carbocycles. The molecule has 0 atom stereocenters. The molecule has 0 aliphatic carbocycles. The fourth-order valence-electron chi connectivity index (χ4n) is 2.21. The Kier molecular flexibility index (Phi) is 6.68. The van der Waals surface area contributed by atoms with Crippen molar-refractivity contribution in [1.29, 1.82) is 0 Å². The molecule has 26 heavy (non-hydrogen) atoms. The monoisotopic (exact) mass is 378 g/mol. The van der Waals surface area contributed by atoms with Gasteiger partial charge in [-0.1, -0.05) is 23.7 Å². The summed E-state index contributed by atoms with van der Waals surface area (Å²) in [6, 6.07) is 10.0. The van der Waals surface area contributed by atoms with Crippen molar-refractivity contribution in [2.24, 2.45) is 0 Å². The first kappa shape index (κ1) is 19.4. The van der Waals surface area contributed by atoms with Gasteiger partial charge in [0.1, 0.15) is 0 Å². The van der Waals surface area contributed by atoms with Gasteiger partial charge in [0, 0.05) is 29.4 Å². The summed E-state index contributed by atoms with van der Waals surface area (Å²) in [7, 11) is 4.40. The summed E-state index contributed by atoms with van der Waals surface area (Å²) in [5, 5.41) is 5.63. The van der Waals surface area contributed by atoms with Gasteiger partial charge in [-0.25, -0.2) is 0 Å². The van der Waals surface area contributed by atoms with E-state index in [9.17, 15) is 9.59 Å². The smallest absolute Gasteiger partial charge is 0.313 e. The molecular formula is C18H19ClN2O5. The van der Waals surface area contributed by atoms with Gasteiger partial charge in [0.25, 0.3) is 0 Å². The van der Waals surface area contributed by atoms with Crippen LogP contribution in [0, 0.1) is 0 Å². The second-order valence-electron chi connectivity index (χ2n) is 5.18. The number of carbonyl (C=O) groups excluding carboxylic acids is 2. The lowest BCUT2D eigenvalue weighted by molar-refractivity contribution is -0.136. The van der Waals surface area contributed by atoms with Gasteiger partial charge < -0.3 is 24.8 Å². The lowest BCUT2D eigenvalue weighted by Crippen LogP contribution is -2.34. The molecular weight excluding hydrogens is 360 g/mol. The molecule has 0 aliphatic rings. The van der Waals surface area contributed by atoms with Crippen LogP contribution in [0.5, 0.6) is 17.2 Å². The van der Waals surface area contributed by atoms with Gasteiger partial charge in [-0.05, 0) is 17.7 Å². The van der Waals surface area contributed by atoms with E-state index in [1.165, 1.54) is 33.5 Å². The molecule has 0 unspecified atom stereocenters. The Morgan fingerprint density at radius 1 is 0.923 bits per heavy atom. The van der Waals surface area contributed by atoms with Crippen LogP contribution in [0.3, 0.4) is 0 Å². The first-order valence-electron chi connectivity index (χ1n) is 7.62. The van der Waals surface area contributed by atoms with E-state index in [4.69, 9.17) is 25.8 Å². The zero-order chi connectivity index (χ0) is 19.1. The van der Waals surface area contributed by atoms with Gasteiger partial charge in [-0.15, -0.1) is 0 Å². The molecule has 2 rings (SSSR count). The molecule has 2 N–H and O–H groups in total. The van der Waals surface area contributed by atoms with E-state index in [1.54, 1.807) is 24.3 Å². The van der Waals surface area contributed by atoms with Crippen molar-refractivity contribution in [2.75, 3.05) is 26.6 Å². The maximum absolute atomic E-state index is 12.1. The van der Waals surface area contributed by atoms with E-state index in [1.807, 2.05) is 0 Å². The third-order valence-corrected chi connectivity index (χ3v) is 3.75. The first-order valence-corrected chi connectivity index (χ1v) is 8.00. The minimum atomic E-state index is -0.812. The van der Waals surface area contributed by atoms with Crippen LogP contribution >= 0.6 is 11.6 Å². The molecule has 2 aromatic carbocycles. The number of anilines is 1. The Bertz CT molecular complexity index is 768. The van der Waals surface area contributed by atoms with Gasteiger partial charge in [0.2, 0.25) is 5.75 Å². The van der Waals surface area contributed by atoms with Crippen molar-refractivity contribution < 1.29 is 23.8 Å². The van der Waals surface area contributed by atoms with Crippen molar-refractivity contribution in [3.05, 3.63) is 47.0 Å². The number of ether oxygens (including phenoxy) is 3. The number of hydrogen-bond donors (Lipinski definition) is 2. The number of benzene rings is 2. The average molecular weight is 379 g/mol. The summed E-state index contributed by atoms with van der Waals surface area (Å²) in [6.07, 6.45) is 0. The highest BCUT2D eigenvalue weighted by Crippen LogP contribution is 2.39. The van der Waals surface area contributed by atoms with Crippen LogP contribution in [-0.4, -0.2) is 33.1 Å². The molecule has 0 fully saturated rings. The van der Waals surface area contributed by atoms with Gasteiger partial charge in [-0.3, -0.25) is 9.59 Å². The molecule has 0 aliphatic heterocycles. The molecule has 0 spiro atoms. The molecule has 0 radical (unpaired) electrons. The van der Waals surface area contributed by atoms with E-state index in [0.29, 0.717) is 28.0 Å². The van der Waals surface area contributed by atoms with E-state index in [2.05, 4.69) is 10.6 Å². The summed E-state index contributed by atoms with van der Waals surface area (Å²) >= 11 is 5.81. The van der Waals surface area contributed by atoms with Crippen LogP contribution in [-0.2, 0) is 16.1 Å². The topological polar surface area (TPSA) is 85.9 Å². The summed E-state index contributed by atoms with van der Waals surface area (Å²) in [5.74, 6) is -0.463. The lowest BCUT2D eigenvalue weighted by Gasteiger charge is -2.14. The zero-order valence-corrected chi connectivity index (χ0v) is 15.3. The predicted molar refractivity (Wildman–Crippen MR) is 98.0 cm³/mol. The fourth-order valence-corrected chi connectivity index (χ4v) is 2.33. The molecule has 0 saturated heterocycles. The van der Waals surface area contributed by atoms with Crippen molar-refractivity contribution in [2.45, 2.75) is 6.54 Å². The van der Waals surface area contributed by atoms with Gasteiger partial charge in [-0.2, -0.15) is 0 Å². The van der Waals surface area contributed by atoms with E-state index in [0.717, 1.165) is 5.56 Å². The van der Waals surface area contributed by atoms with Crippen LogP contribution in [0.15, 0.2) is 36.4 Å². The Morgan fingerprint density at radius 2 is 1.50 bits per heavy atom. The van der Waals surface area contributed by atoms with Crippen molar-refractivity contribution in [3.8, 4) is 17.2 Å². The highest BCUT2D eigenvalue weighted by Gasteiger charge is 2.17. The number of amides is 2. The van der Waals surface area contributed by atoms with Crippen molar-refractivity contribution in [3.63, 3.8) is 0 Å². The molecule has 0 heterocycles. The first-order chi connectivity index (χ1) is 12.5. The van der Waals surface area contributed by atoms with Crippen molar-refractivity contribution in [1.82, 2.24) is 5.32 Å². The van der Waals surface area contributed by atoms with E-state index in [-0.39, 0.29) is 6.54 Å². The molecule has 2 aromatic rings. The molecule has 2 amide bonds. The van der Waals surface area contributed by atoms with E-state index >= 15 is 0 Å². The Morgan fingerprint density at radius 3 is 2.00 bits per heavy atom. The Hall–Kier alpha value is -2.93. The molecule has 7 nitrogen and oxygen atoms in total. The van der Waals surface area contributed by atoms with Gasteiger partial charge in [0.05, 0.1) is 21.3 Å². The third kappa shape index (κ3) is 4.80. The number of nitrogens with one attached hydrogen (secondary N) is 2. The second kappa shape index (κ2) is 8.96. The van der Waals surface area contributed by atoms with E-state index < -0.39 is 11.8 Å². The molecule has 138 valence electrons. The highest BCUT2D eigenvalue weighted by atomic mass is 35.5. The maximum Gasteiger partial charge on any atom is 0.313 e. The number of hydrogen-bond acceptors (Lipinski definition) is 5. The second-order valence-corrected chi connectivity index (χ2v) is 5.61. The van der Waals surface area contributed by atoms with Crippen molar-refractivity contribution >= 4 is 29.1 Å². The van der Waals surface area contributed by atoms with Gasteiger partial charge in [0.15, 0.2) is 11.5 Å². The largest absolute Gasteiger partial charge is 0.493 e. The van der Waals surface area contributed by atoms with Crippen LogP contribution in [0.4, 0.5) is 5.69 Å². The summed E-state index contributed by atoms with van der Waals surface area (Å²) in [6.45, 7) is 0.207. The predicted octanol–water partition coefficient (Wildman–Crippen LogP) is 2.62. The average Bonchev–Trinajstić information content (AvgIpc) is 2.66. The number of halogens is 1. The van der Waals surface area contributed by atoms with Gasteiger partial charge >= 0.3 is 11.8 Å². The molecule has 0 bridgehead atoms. The fraction of sp³-hybridized carbons (Fsp3) is 0.222. The quantitative estimate of drug-likeness (QED) is 0.755. The Balaban J connectivity index is 2.04. The summed E-state index contributed by atoms with van der Waals surface area (Å²) < 4.78 is 15.6. The third-order valence-electron chi connectivity index (χ3n) is 3.50. The maximum atomic E-state index is 12.1. The van der Waals surface area contributed by atoms with Crippen LogP contribution in [0.25, 0.3) is 0 Å². The minimum absolute atomic E-state index is 0.207. The lowest BCUT2D eigenvalue weighted by atomic mass is 10.2. The van der Waals surface area contributed by atoms with Crippen LogP contribution in [0.2, 0.25) is 5.02 Å². The number of rotatable bonds is 6. The normalized spacial score (nSPS) is 10.0. The number of methoxy groups -OCH3 is 3. The Labute approximate surface area is 156 Å². The summed E-state index contributed by atoms with van der Waals surface area (Å²) in [5.41, 5.74) is 1.16. The molecule has 0 aromatic heterocycles. The standard InChI is InChI=1S/C18H19ClN2O5/c1-24-14-8-13(9-15(25-2)16(14)26-3)21-18(23)17(22)20-10-11-4-6-12(19)7-5-11/h4-9H,10H2,1-3H3,(H,20,22)(H,21,23). The summed E-state index contributed by atoms with van der Waals surface area (Å²) in [4.78, 5) is 24.1.